The molecule has 0 unspecified atom stereocenters. The summed E-state index contributed by atoms with van der Waals surface area (Å²) < 4.78 is 25.7. The van der Waals surface area contributed by atoms with Crippen molar-refractivity contribution in [2.45, 2.75) is 26.0 Å². The molecule has 1 rings (SSSR count). The van der Waals surface area contributed by atoms with Crippen LogP contribution in [0.4, 0.5) is 5.69 Å². The molecule has 0 bridgehead atoms. The van der Waals surface area contributed by atoms with Crippen molar-refractivity contribution < 1.29 is 18.3 Å². The van der Waals surface area contributed by atoms with Crippen molar-refractivity contribution in [3.8, 4) is 0 Å². The van der Waals surface area contributed by atoms with E-state index in [0.717, 1.165) is 0 Å². The molecule has 6 heteroatoms. The topological polar surface area (TPSA) is 83.5 Å². The van der Waals surface area contributed by atoms with Gasteiger partial charge in [0.2, 0.25) is 10.0 Å². The first kappa shape index (κ1) is 13.5. The Kier molecular flexibility index (Phi) is 3.77. The second-order valence-electron chi connectivity index (χ2n) is 3.98. The Morgan fingerprint density at radius 1 is 1.35 bits per heavy atom. The number of nitrogens with one attached hydrogen (secondary N) is 1. The third-order valence-corrected chi connectivity index (χ3v) is 4.18. The zero-order valence-electron chi connectivity index (χ0n) is 9.89. The number of sulfonamides is 1. The summed E-state index contributed by atoms with van der Waals surface area (Å²) >= 11 is 0. The van der Waals surface area contributed by atoms with Gasteiger partial charge in [-0.3, -0.25) is 4.72 Å². The number of rotatable bonds is 4. The second kappa shape index (κ2) is 4.75. The van der Waals surface area contributed by atoms with Crippen LogP contribution in [0, 0.1) is 6.92 Å². The molecule has 0 aliphatic carbocycles. The van der Waals surface area contributed by atoms with E-state index in [1.54, 1.807) is 26.8 Å². The number of aromatic carboxylic acids is 1. The van der Waals surface area contributed by atoms with Crippen LogP contribution >= 0.6 is 0 Å². The fourth-order valence-corrected chi connectivity index (χ4v) is 2.01. The van der Waals surface area contributed by atoms with Crippen molar-refractivity contribution in [1.29, 1.82) is 0 Å². The molecule has 1 aromatic carbocycles. The number of hydrogen-bond acceptors (Lipinski definition) is 3. The third kappa shape index (κ3) is 2.97. The SMILES string of the molecule is Cc1c(NS(=O)(=O)C(C)C)cccc1C(=O)O. The normalized spacial score (nSPS) is 11.5. The Hall–Kier alpha value is -1.56. The first-order valence-electron chi connectivity index (χ1n) is 5.10. The Balaban J connectivity index is 3.18. The van der Waals surface area contributed by atoms with Crippen LogP contribution < -0.4 is 4.72 Å². The zero-order chi connectivity index (χ0) is 13.2. The molecule has 0 aliphatic rings. The van der Waals surface area contributed by atoms with Gasteiger partial charge in [0.1, 0.15) is 0 Å². The van der Waals surface area contributed by atoms with E-state index < -0.39 is 21.2 Å². The highest BCUT2D eigenvalue weighted by Crippen LogP contribution is 2.21. The standard InChI is InChI=1S/C11H15NO4S/c1-7(2)17(15,16)12-10-6-4-5-9(8(10)3)11(13)14/h4-7,12H,1-3H3,(H,13,14). The number of carbonyl (C=O) groups is 1. The summed E-state index contributed by atoms with van der Waals surface area (Å²) in [5.41, 5.74) is 0.803. The molecule has 1 aromatic rings. The van der Waals surface area contributed by atoms with Gasteiger partial charge >= 0.3 is 5.97 Å². The molecule has 0 saturated carbocycles. The summed E-state index contributed by atoms with van der Waals surface area (Å²) in [7, 11) is -3.46. The van der Waals surface area contributed by atoms with E-state index in [0.29, 0.717) is 11.3 Å². The Morgan fingerprint density at radius 3 is 2.41 bits per heavy atom. The first-order chi connectivity index (χ1) is 7.75. The van der Waals surface area contributed by atoms with Crippen LogP contribution in [0.2, 0.25) is 0 Å². The number of carboxylic acids is 1. The van der Waals surface area contributed by atoms with Crippen molar-refractivity contribution in [2.75, 3.05) is 4.72 Å². The van der Waals surface area contributed by atoms with Crippen LogP contribution in [0.3, 0.4) is 0 Å². The van der Waals surface area contributed by atoms with E-state index in [1.807, 2.05) is 0 Å². The van der Waals surface area contributed by atoms with E-state index in [-0.39, 0.29) is 5.56 Å². The molecule has 0 atom stereocenters. The molecule has 0 fully saturated rings. The van der Waals surface area contributed by atoms with E-state index in [9.17, 15) is 13.2 Å². The lowest BCUT2D eigenvalue weighted by atomic mass is 10.1. The van der Waals surface area contributed by atoms with Crippen molar-refractivity contribution in [3.05, 3.63) is 29.3 Å². The van der Waals surface area contributed by atoms with Crippen molar-refractivity contribution in [3.63, 3.8) is 0 Å². The average Bonchev–Trinajstić information content (AvgIpc) is 2.20. The molecule has 0 aliphatic heterocycles. The lowest BCUT2D eigenvalue weighted by molar-refractivity contribution is 0.0696. The number of carboxylic acid groups (broad SMARTS) is 1. The molecule has 0 radical (unpaired) electrons. The lowest BCUT2D eigenvalue weighted by Gasteiger charge is -2.13. The van der Waals surface area contributed by atoms with Gasteiger partial charge < -0.3 is 5.11 Å². The third-order valence-electron chi connectivity index (χ3n) is 2.44. The summed E-state index contributed by atoms with van der Waals surface area (Å²) in [6, 6.07) is 4.49. The van der Waals surface area contributed by atoms with Gasteiger partial charge in [-0.05, 0) is 38.5 Å². The fourth-order valence-electron chi connectivity index (χ4n) is 1.25. The molecule has 0 spiro atoms. The first-order valence-corrected chi connectivity index (χ1v) is 6.65. The van der Waals surface area contributed by atoms with Gasteiger partial charge in [-0.1, -0.05) is 6.07 Å². The number of anilines is 1. The monoisotopic (exact) mass is 257 g/mol. The van der Waals surface area contributed by atoms with Crippen molar-refractivity contribution >= 4 is 21.7 Å². The van der Waals surface area contributed by atoms with Gasteiger partial charge in [-0.25, -0.2) is 13.2 Å². The molecular weight excluding hydrogens is 242 g/mol. The second-order valence-corrected chi connectivity index (χ2v) is 6.22. The highest BCUT2D eigenvalue weighted by molar-refractivity contribution is 7.93. The number of benzene rings is 1. The number of hydrogen-bond donors (Lipinski definition) is 2. The highest BCUT2D eigenvalue weighted by atomic mass is 32.2. The highest BCUT2D eigenvalue weighted by Gasteiger charge is 2.18. The van der Waals surface area contributed by atoms with Gasteiger partial charge in [0.15, 0.2) is 0 Å². The van der Waals surface area contributed by atoms with Crippen molar-refractivity contribution in [1.82, 2.24) is 0 Å². The summed E-state index contributed by atoms with van der Waals surface area (Å²) in [6.45, 7) is 4.68. The van der Waals surface area contributed by atoms with E-state index in [1.165, 1.54) is 12.1 Å². The fraction of sp³-hybridized carbons (Fsp3) is 0.364. The minimum atomic E-state index is -3.46. The predicted octanol–water partition coefficient (Wildman–Crippen LogP) is 1.84. The molecule has 0 heterocycles. The molecule has 0 amide bonds. The van der Waals surface area contributed by atoms with Crippen molar-refractivity contribution in [2.24, 2.45) is 0 Å². The summed E-state index contributed by atoms with van der Waals surface area (Å²) in [5, 5.41) is 8.35. The average molecular weight is 257 g/mol. The summed E-state index contributed by atoms with van der Waals surface area (Å²) in [4.78, 5) is 10.9. The predicted molar refractivity (Wildman–Crippen MR) is 65.8 cm³/mol. The lowest BCUT2D eigenvalue weighted by Crippen LogP contribution is -2.23. The minimum Gasteiger partial charge on any atom is -0.478 e. The zero-order valence-corrected chi connectivity index (χ0v) is 10.7. The maximum atomic E-state index is 11.7. The van der Waals surface area contributed by atoms with Gasteiger partial charge in [0.25, 0.3) is 0 Å². The molecular formula is C11H15NO4S. The molecule has 2 N–H and O–H groups in total. The van der Waals surface area contributed by atoms with E-state index in [2.05, 4.69) is 4.72 Å². The maximum Gasteiger partial charge on any atom is 0.336 e. The molecule has 0 saturated heterocycles. The van der Waals surface area contributed by atoms with Crippen LogP contribution in [-0.2, 0) is 10.0 Å². The quantitative estimate of drug-likeness (QED) is 0.862. The van der Waals surface area contributed by atoms with Crippen LogP contribution in [0.15, 0.2) is 18.2 Å². The maximum absolute atomic E-state index is 11.7. The Morgan fingerprint density at radius 2 is 1.94 bits per heavy atom. The summed E-state index contributed by atoms with van der Waals surface area (Å²) in [6.07, 6.45) is 0. The van der Waals surface area contributed by atoms with Crippen LogP contribution in [0.5, 0.6) is 0 Å². The van der Waals surface area contributed by atoms with Crippen LogP contribution in [-0.4, -0.2) is 24.7 Å². The van der Waals surface area contributed by atoms with Gasteiger partial charge in [-0.15, -0.1) is 0 Å². The van der Waals surface area contributed by atoms with Gasteiger partial charge in [0.05, 0.1) is 16.5 Å². The Labute approximate surface area is 101 Å². The van der Waals surface area contributed by atoms with Gasteiger partial charge in [-0.2, -0.15) is 0 Å². The molecule has 5 nitrogen and oxygen atoms in total. The molecule has 0 aromatic heterocycles. The van der Waals surface area contributed by atoms with E-state index in [4.69, 9.17) is 5.11 Å². The summed E-state index contributed by atoms with van der Waals surface area (Å²) in [5.74, 6) is -1.08. The Bertz CT molecular complexity index is 534. The van der Waals surface area contributed by atoms with Gasteiger partial charge in [0, 0.05) is 0 Å². The largest absolute Gasteiger partial charge is 0.478 e. The smallest absolute Gasteiger partial charge is 0.336 e. The molecule has 17 heavy (non-hydrogen) atoms. The van der Waals surface area contributed by atoms with Crippen LogP contribution in [0.25, 0.3) is 0 Å². The van der Waals surface area contributed by atoms with Crippen LogP contribution in [0.1, 0.15) is 29.8 Å². The molecule has 94 valence electrons. The minimum absolute atomic E-state index is 0.0916. The van der Waals surface area contributed by atoms with E-state index >= 15 is 0 Å².